The molecule has 1 saturated heterocycles. The fourth-order valence-corrected chi connectivity index (χ4v) is 4.66. The number of aryl methyl sites for hydroxylation is 1. The van der Waals surface area contributed by atoms with Crippen molar-refractivity contribution >= 4 is 21.6 Å². The van der Waals surface area contributed by atoms with Gasteiger partial charge in [-0.2, -0.15) is 4.31 Å². The summed E-state index contributed by atoms with van der Waals surface area (Å²) < 4.78 is 26.9. The maximum absolute atomic E-state index is 12.8. The molecule has 0 aliphatic carbocycles. The van der Waals surface area contributed by atoms with Gasteiger partial charge in [0.1, 0.15) is 11.8 Å². The summed E-state index contributed by atoms with van der Waals surface area (Å²) in [5.41, 5.74) is 1.14. The quantitative estimate of drug-likeness (QED) is 0.820. The fourth-order valence-electron chi connectivity index (χ4n) is 2.98. The van der Waals surface area contributed by atoms with E-state index in [4.69, 9.17) is 0 Å². The van der Waals surface area contributed by atoms with Gasteiger partial charge in [-0.05, 0) is 49.6 Å². The zero-order chi connectivity index (χ0) is 18.0. The van der Waals surface area contributed by atoms with Crippen molar-refractivity contribution in [1.29, 1.82) is 0 Å². The number of rotatable bonds is 4. The smallest absolute Gasteiger partial charge is 0.243 e. The molecular formula is C18H20N2O4S. The highest BCUT2D eigenvalue weighted by atomic mass is 32.2. The molecule has 1 fully saturated rings. The maximum Gasteiger partial charge on any atom is 0.243 e. The second-order valence-electron chi connectivity index (χ2n) is 6.10. The van der Waals surface area contributed by atoms with E-state index in [1.54, 1.807) is 36.4 Å². The number of nitrogens with one attached hydrogen (secondary N) is 1. The molecule has 1 heterocycles. The summed E-state index contributed by atoms with van der Waals surface area (Å²) in [4.78, 5) is 12.8. The number of aromatic hydroxyl groups is 1. The first-order chi connectivity index (χ1) is 11.9. The normalized spacial score (nSPS) is 18.2. The second kappa shape index (κ2) is 6.85. The highest BCUT2D eigenvalue weighted by Crippen LogP contribution is 2.29. The third-order valence-electron chi connectivity index (χ3n) is 4.27. The number of hydrogen-bond donors (Lipinski definition) is 2. The van der Waals surface area contributed by atoms with Crippen LogP contribution in [0.25, 0.3) is 0 Å². The Labute approximate surface area is 147 Å². The molecule has 6 nitrogen and oxygen atoms in total. The lowest BCUT2D eigenvalue weighted by molar-refractivity contribution is -0.119. The SMILES string of the molecule is Cc1ccc(NC(=O)C2CCCN2S(=O)(=O)c2ccccc2)c(O)c1. The van der Waals surface area contributed by atoms with E-state index in [0.29, 0.717) is 19.4 Å². The Kier molecular flexibility index (Phi) is 4.78. The third-order valence-corrected chi connectivity index (χ3v) is 6.19. The van der Waals surface area contributed by atoms with E-state index in [0.717, 1.165) is 5.56 Å². The summed E-state index contributed by atoms with van der Waals surface area (Å²) in [5, 5.41) is 12.6. The second-order valence-corrected chi connectivity index (χ2v) is 7.99. The first-order valence-corrected chi connectivity index (χ1v) is 9.51. The largest absolute Gasteiger partial charge is 0.506 e. The zero-order valence-corrected chi connectivity index (χ0v) is 14.7. The van der Waals surface area contributed by atoms with Crippen molar-refractivity contribution in [2.45, 2.75) is 30.7 Å². The summed E-state index contributed by atoms with van der Waals surface area (Å²) in [5.74, 6) is -0.472. The average Bonchev–Trinajstić information content (AvgIpc) is 3.09. The average molecular weight is 360 g/mol. The summed E-state index contributed by atoms with van der Waals surface area (Å²) in [7, 11) is -3.73. The first kappa shape index (κ1) is 17.4. The van der Waals surface area contributed by atoms with E-state index in [-0.39, 0.29) is 16.3 Å². The molecule has 7 heteroatoms. The van der Waals surface area contributed by atoms with E-state index in [1.165, 1.54) is 16.4 Å². The van der Waals surface area contributed by atoms with Gasteiger partial charge in [0, 0.05) is 6.54 Å². The predicted molar refractivity (Wildman–Crippen MR) is 94.8 cm³/mol. The van der Waals surface area contributed by atoms with E-state index < -0.39 is 22.0 Å². The van der Waals surface area contributed by atoms with Gasteiger partial charge in [-0.3, -0.25) is 4.79 Å². The molecule has 1 atom stereocenters. The number of nitrogens with zero attached hydrogens (tertiary/aromatic N) is 1. The van der Waals surface area contributed by atoms with Crippen molar-refractivity contribution < 1.29 is 18.3 Å². The fraction of sp³-hybridized carbons (Fsp3) is 0.278. The molecule has 0 radical (unpaired) electrons. The number of sulfonamides is 1. The maximum atomic E-state index is 12.8. The van der Waals surface area contributed by atoms with Gasteiger partial charge < -0.3 is 10.4 Å². The predicted octanol–water partition coefficient (Wildman–Crippen LogP) is 2.49. The Hall–Kier alpha value is -2.38. The van der Waals surface area contributed by atoms with Crippen LogP contribution < -0.4 is 5.32 Å². The summed E-state index contributed by atoms with van der Waals surface area (Å²) in [6.07, 6.45) is 1.06. The van der Waals surface area contributed by atoms with Crippen LogP contribution >= 0.6 is 0 Å². The molecule has 3 rings (SSSR count). The Morgan fingerprint density at radius 2 is 1.92 bits per heavy atom. The van der Waals surface area contributed by atoms with E-state index in [9.17, 15) is 18.3 Å². The summed E-state index contributed by atoms with van der Waals surface area (Å²) >= 11 is 0. The van der Waals surface area contributed by atoms with Crippen molar-refractivity contribution in [3.63, 3.8) is 0 Å². The molecule has 1 aliphatic heterocycles. The van der Waals surface area contributed by atoms with Crippen molar-refractivity contribution in [3.8, 4) is 5.75 Å². The molecular weight excluding hydrogens is 340 g/mol. The minimum Gasteiger partial charge on any atom is -0.506 e. The lowest BCUT2D eigenvalue weighted by atomic mass is 10.2. The van der Waals surface area contributed by atoms with E-state index >= 15 is 0 Å². The molecule has 1 aliphatic rings. The lowest BCUT2D eigenvalue weighted by Crippen LogP contribution is -2.43. The van der Waals surface area contributed by atoms with Crippen LogP contribution in [0.3, 0.4) is 0 Å². The Morgan fingerprint density at radius 3 is 2.60 bits per heavy atom. The number of carbonyl (C=O) groups is 1. The topological polar surface area (TPSA) is 86.7 Å². The van der Waals surface area contributed by atoms with Gasteiger partial charge in [0.2, 0.25) is 15.9 Å². The number of hydrogen-bond acceptors (Lipinski definition) is 4. The van der Waals surface area contributed by atoms with Crippen LogP contribution in [0.2, 0.25) is 0 Å². The van der Waals surface area contributed by atoms with Crippen molar-refractivity contribution in [2.24, 2.45) is 0 Å². The Bertz CT molecular complexity index is 881. The first-order valence-electron chi connectivity index (χ1n) is 8.07. The third kappa shape index (κ3) is 3.52. The monoisotopic (exact) mass is 360 g/mol. The number of phenols is 1. The summed E-state index contributed by atoms with van der Waals surface area (Å²) in [6, 6.07) is 12.2. The number of phenolic OH excluding ortho intramolecular Hbond substituents is 1. The highest BCUT2D eigenvalue weighted by molar-refractivity contribution is 7.89. The highest BCUT2D eigenvalue weighted by Gasteiger charge is 2.39. The van der Waals surface area contributed by atoms with Gasteiger partial charge in [-0.15, -0.1) is 0 Å². The zero-order valence-electron chi connectivity index (χ0n) is 13.8. The number of anilines is 1. The van der Waals surface area contributed by atoms with Crippen LogP contribution in [-0.4, -0.2) is 36.3 Å². The van der Waals surface area contributed by atoms with Gasteiger partial charge in [-0.25, -0.2) is 8.42 Å². The molecule has 0 spiro atoms. The standard InChI is InChI=1S/C18H20N2O4S/c1-13-9-10-15(17(21)12-13)19-18(22)16-8-5-11-20(16)25(23,24)14-6-3-2-4-7-14/h2-4,6-7,9-10,12,16,21H,5,8,11H2,1H3,(H,19,22). The van der Waals surface area contributed by atoms with Crippen LogP contribution in [0.15, 0.2) is 53.4 Å². The van der Waals surface area contributed by atoms with Gasteiger partial charge in [0.05, 0.1) is 10.6 Å². The molecule has 1 amide bonds. The molecule has 25 heavy (non-hydrogen) atoms. The van der Waals surface area contributed by atoms with Crippen molar-refractivity contribution in [3.05, 3.63) is 54.1 Å². The van der Waals surface area contributed by atoms with Crippen LogP contribution in [-0.2, 0) is 14.8 Å². The molecule has 0 aromatic heterocycles. The molecule has 0 bridgehead atoms. The molecule has 2 aromatic carbocycles. The van der Waals surface area contributed by atoms with E-state index in [2.05, 4.69) is 5.32 Å². The Morgan fingerprint density at radius 1 is 1.20 bits per heavy atom. The van der Waals surface area contributed by atoms with Crippen LogP contribution in [0.5, 0.6) is 5.75 Å². The number of carbonyl (C=O) groups excluding carboxylic acids is 1. The van der Waals surface area contributed by atoms with Gasteiger partial charge in [0.25, 0.3) is 0 Å². The van der Waals surface area contributed by atoms with Crippen LogP contribution in [0.1, 0.15) is 18.4 Å². The number of amides is 1. The molecule has 132 valence electrons. The van der Waals surface area contributed by atoms with Crippen LogP contribution in [0.4, 0.5) is 5.69 Å². The van der Waals surface area contributed by atoms with Crippen molar-refractivity contribution in [1.82, 2.24) is 4.31 Å². The minimum absolute atomic E-state index is 0.0381. The Balaban J connectivity index is 1.83. The molecule has 2 N–H and O–H groups in total. The van der Waals surface area contributed by atoms with Crippen molar-refractivity contribution in [2.75, 3.05) is 11.9 Å². The molecule has 0 saturated carbocycles. The van der Waals surface area contributed by atoms with Gasteiger partial charge >= 0.3 is 0 Å². The molecule has 1 unspecified atom stereocenters. The lowest BCUT2D eigenvalue weighted by Gasteiger charge is -2.23. The minimum atomic E-state index is -3.73. The number of benzene rings is 2. The molecule has 2 aromatic rings. The summed E-state index contributed by atoms with van der Waals surface area (Å²) in [6.45, 7) is 2.13. The van der Waals surface area contributed by atoms with Gasteiger partial charge in [-0.1, -0.05) is 24.3 Å². The van der Waals surface area contributed by atoms with Crippen LogP contribution in [0, 0.1) is 6.92 Å². The van der Waals surface area contributed by atoms with E-state index in [1.807, 2.05) is 6.92 Å². The van der Waals surface area contributed by atoms with Gasteiger partial charge in [0.15, 0.2) is 0 Å².